The maximum atomic E-state index is 13.9. The first kappa shape index (κ1) is 27.1. The number of carbonyl (C=O) groups excluding carboxylic acids is 3. The number of alkyl halides is 3. The first-order valence-corrected chi connectivity index (χ1v) is 12.0. The maximum absolute atomic E-state index is 13.9. The van der Waals surface area contributed by atoms with Gasteiger partial charge in [-0.15, -0.1) is 0 Å². The molecule has 2 heterocycles. The van der Waals surface area contributed by atoms with Gasteiger partial charge < -0.3 is 10.2 Å². The zero-order valence-electron chi connectivity index (χ0n) is 21.0. The SMILES string of the molecule is [C-]#[N+][C@@H]1C[C@@]2(CN1C(=O)[C@H](CC(C)C)N(C)C(=O)c1ccc(F)c(C(F)(F)F)c1)C(=O)Nc1ccccc12. The van der Waals surface area contributed by atoms with Crippen molar-refractivity contribution in [1.82, 2.24) is 9.80 Å². The minimum Gasteiger partial charge on any atom is -0.330 e. The van der Waals surface area contributed by atoms with Gasteiger partial charge in [-0.25, -0.2) is 11.0 Å². The molecule has 1 fully saturated rings. The van der Waals surface area contributed by atoms with Gasteiger partial charge in [0.25, 0.3) is 11.8 Å². The largest absolute Gasteiger partial charge is 0.419 e. The van der Waals surface area contributed by atoms with Gasteiger partial charge in [0.1, 0.15) is 17.3 Å². The van der Waals surface area contributed by atoms with E-state index >= 15 is 0 Å². The smallest absolute Gasteiger partial charge is 0.330 e. The second-order valence-corrected chi connectivity index (χ2v) is 10.1. The Morgan fingerprint density at radius 3 is 2.55 bits per heavy atom. The second-order valence-electron chi connectivity index (χ2n) is 10.1. The Kier molecular flexibility index (Phi) is 6.95. The molecule has 2 aliphatic rings. The van der Waals surface area contributed by atoms with Crippen LogP contribution in [0.3, 0.4) is 0 Å². The number of carbonyl (C=O) groups is 3. The van der Waals surface area contributed by atoms with Crippen molar-refractivity contribution in [3.8, 4) is 0 Å². The van der Waals surface area contributed by atoms with Gasteiger partial charge in [0, 0.05) is 24.8 Å². The number of rotatable bonds is 5. The molecule has 2 aromatic carbocycles. The molecule has 200 valence electrons. The molecule has 0 aromatic heterocycles. The first-order valence-electron chi connectivity index (χ1n) is 12.0. The summed E-state index contributed by atoms with van der Waals surface area (Å²) < 4.78 is 53.5. The van der Waals surface area contributed by atoms with E-state index in [-0.39, 0.29) is 31.2 Å². The summed E-state index contributed by atoms with van der Waals surface area (Å²) in [5.74, 6) is -3.41. The molecule has 7 nitrogen and oxygen atoms in total. The lowest BCUT2D eigenvalue weighted by Crippen LogP contribution is -2.51. The van der Waals surface area contributed by atoms with Crippen molar-refractivity contribution in [3.05, 3.63) is 76.4 Å². The summed E-state index contributed by atoms with van der Waals surface area (Å²) in [6, 6.07) is 7.86. The Balaban J connectivity index is 1.66. The van der Waals surface area contributed by atoms with Crippen molar-refractivity contribution in [2.45, 2.75) is 50.5 Å². The van der Waals surface area contributed by atoms with Gasteiger partial charge in [0.05, 0.1) is 12.0 Å². The Morgan fingerprint density at radius 1 is 1.24 bits per heavy atom. The van der Waals surface area contributed by atoms with Gasteiger partial charge in [-0.1, -0.05) is 32.0 Å². The average Bonchev–Trinajstić information content (AvgIpc) is 3.39. The van der Waals surface area contributed by atoms with Crippen LogP contribution in [0.1, 0.15) is 48.2 Å². The molecular weight excluding hydrogens is 504 g/mol. The van der Waals surface area contributed by atoms with Crippen LogP contribution < -0.4 is 5.32 Å². The summed E-state index contributed by atoms with van der Waals surface area (Å²) in [5.41, 5.74) is -1.83. The minimum atomic E-state index is -5.00. The molecule has 0 radical (unpaired) electrons. The summed E-state index contributed by atoms with van der Waals surface area (Å²) in [7, 11) is 1.29. The number of amides is 3. The van der Waals surface area contributed by atoms with Gasteiger partial charge in [-0.3, -0.25) is 24.1 Å². The number of halogens is 4. The molecule has 1 N–H and O–H groups in total. The number of anilines is 1. The summed E-state index contributed by atoms with van der Waals surface area (Å²) >= 11 is 0. The molecular formula is C27H26F4N4O3. The molecule has 11 heteroatoms. The first-order chi connectivity index (χ1) is 17.8. The van der Waals surface area contributed by atoms with E-state index in [9.17, 15) is 31.9 Å². The Labute approximate surface area is 217 Å². The van der Waals surface area contributed by atoms with Gasteiger partial charge >= 0.3 is 12.3 Å². The zero-order chi connectivity index (χ0) is 28.0. The predicted molar refractivity (Wildman–Crippen MR) is 130 cm³/mol. The van der Waals surface area contributed by atoms with Crippen molar-refractivity contribution in [1.29, 1.82) is 0 Å². The number of nitrogens with one attached hydrogen (secondary N) is 1. The van der Waals surface area contributed by atoms with Crippen molar-refractivity contribution in [2.75, 3.05) is 18.9 Å². The van der Waals surface area contributed by atoms with Crippen LogP contribution in [0.5, 0.6) is 0 Å². The van der Waals surface area contributed by atoms with Crippen LogP contribution in [0.25, 0.3) is 4.85 Å². The van der Waals surface area contributed by atoms with Crippen molar-refractivity contribution >= 4 is 23.4 Å². The summed E-state index contributed by atoms with van der Waals surface area (Å²) in [5, 5.41) is 2.81. The topological polar surface area (TPSA) is 74.1 Å². The summed E-state index contributed by atoms with van der Waals surface area (Å²) in [6.07, 6.45) is -5.74. The molecule has 3 atom stereocenters. The number of hydrogen-bond acceptors (Lipinski definition) is 3. The molecule has 0 bridgehead atoms. The Hall–Kier alpha value is -3.94. The Bertz CT molecular complexity index is 1340. The average molecular weight is 531 g/mol. The number of likely N-dealkylation sites (N-methyl/N-ethyl adjacent to an activating group) is 1. The van der Waals surface area contributed by atoms with Gasteiger partial charge in [-0.05, 0) is 42.2 Å². The third kappa shape index (κ3) is 4.59. The molecule has 1 saturated heterocycles. The van der Waals surface area contributed by atoms with Crippen LogP contribution in [-0.4, -0.2) is 53.3 Å². The molecule has 3 amide bonds. The monoisotopic (exact) mass is 530 g/mol. The van der Waals surface area contributed by atoms with Crippen molar-refractivity contribution in [3.63, 3.8) is 0 Å². The van der Waals surface area contributed by atoms with Crippen LogP contribution in [-0.2, 0) is 21.2 Å². The highest BCUT2D eigenvalue weighted by Crippen LogP contribution is 2.47. The van der Waals surface area contributed by atoms with Crippen LogP contribution in [0, 0.1) is 18.3 Å². The third-order valence-electron chi connectivity index (χ3n) is 7.17. The molecule has 0 saturated carbocycles. The predicted octanol–water partition coefficient (Wildman–Crippen LogP) is 4.70. The fraction of sp³-hybridized carbons (Fsp3) is 0.407. The Morgan fingerprint density at radius 2 is 1.92 bits per heavy atom. The number of nitrogens with zero attached hydrogens (tertiary/aromatic N) is 3. The fourth-order valence-corrected chi connectivity index (χ4v) is 5.24. The molecule has 4 rings (SSSR count). The summed E-state index contributed by atoms with van der Waals surface area (Å²) in [6.45, 7) is 11.3. The van der Waals surface area contributed by atoms with E-state index < -0.39 is 52.6 Å². The fourth-order valence-electron chi connectivity index (χ4n) is 5.24. The molecule has 2 aliphatic heterocycles. The number of benzene rings is 2. The third-order valence-corrected chi connectivity index (χ3v) is 7.17. The molecule has 0 aliphatic carbocycles. The normalized spacial score (nSPS) is 21.3. The van der Waals surface area contributed by atoms with Gasteiger partial charge in [-0.2, -0.15) is 13.2 Å². The van der Waals surface area contributed by atoms with Crippen LogP contribution >= 0.6 is 0 Å². The summed E-state index contributed by atoms with van der Waals surface area (Å²) in [4.78, 5) is 46.1. The van der Waals surface area contributed by atoms with E-state index in [2.05, 4.69) is 10.2 Å². The lowest BCUT2D eigenvalue weighted by Gasteiger charge is -2.32. The molecule has 1 spiro atoms. The number of likely N-dealkylation sites (tertiary alicyclic amines) is 1. The van der Waals surface area contributed by atoms with E-state index in [0.717, 1.165) is 11.0 Å². The molecule has 38 heavy (non-hydrogen) atoms. The van der Waals surface area contributed by atoms with E-state index in [0.29, 0.717) is 23.4 Å². The van der Waals surface area contributed by atoms with Crippen LogP contribution in [0.2, 0.25) is 0 Å². The van der Waals surface area contributed by atoms with Gasteiger partial charge in [0.2, 0.25) is 5.91 Å². The minimum absolute atomic E-state index is 0.0735. The number of para-hydroxylation sites is 1. The maximum Gasteiger partial charge on any atom is 0.419 e. The number of fused-ring (bicyclic) bond motifs is 2. The lowest BCUT2D eigenvalue weighted by molar-refractivity contribution is -0.140. The van der Waals surface area contributed by atoms with E-state index in [1.807, 2.05) is 13.8 Å². The van der Waals surface area contributed by atoms with E-state index in [4.69, 9.17) is 6.57 Å². The van der Waals surface area contributed by atoms with Crippen molar-refractivity contribution in [2.24, 2.45) is 5.92 Å². The lowest BCUT2D eigenvalue weighted by atomic mass is 9.80. The highest BCUT2D eigenvalue weighted by Gasteiger charge is 2.59. The second kappa shape index (κ2) is 9.74. The quantitative estimate of drug-likeness (QED) is 0.450. The van der Waals surface area contributed by atoms with E-state index in [1.165, 1.54) is 11.9 Å². The van der Waals surface area contributed by atoms with Crippen molar-refractivity contribution < 1.29 is 31.9 Å². The highest BCUT2D eigenvalue weighted by atomic mass is 19.4. The molecule has 0 unspecified atom stereocenters. The van der Waals surface area contributed by atoms with Crippen LogP contribution in [0.4, 0.5) is 23.2 Å². The molecule has 2 aromatic rings. The standard InChI is InChI=1S/C27H26F4N4O3/c1-15(2)11-21(34(4)23(36)16-9-10-19(28)18(12-16)27(29,30)31)24(37)35-14-26(13-22(35)32-3)17-7-5-6-8-20(17)33-25(26)38/h5-10,12,15,21-22H,11,13-14H2,1-2,4H3,(H,33,38)/t21-,22-,26-/m0/s1. The van der Waals surface area contributed by atoms with Crippen LogP contribution in [0.15, 0.2) is 42.5 Å². The van der Waals surface area contributed by atoms with E-state index in [1.54, 1.807) is 24.3 Å². The highest BCUT2D eigenvalue weighted by molar-refractivity contribution is 6.07. The number of hydrogen-bond donors (Lipinski definition) is 1. The van der Waals surface area contributed by atoms with Gasteiger partial charge in [0.15, 0.2) is 0 Å². The zero-order valence-corrected chi connectivity index (χ0v) is 21.0.